The summed E-state index contributed by atoms with van der Waals surface area (Å²) in [6.45, 7) is 5.76. The van der Waals surface area contributed by atoms with Crippen molar-refractivity contribution in [1.82, 2.24) is 19.7 Å². The standard InChI is InChI=1S/C14H18N4O4S/c1-4-18-15-7-12(17-18)8-16-23(21,22)13-6-11(14(19)20)5-9(2)10(13)3/h5-7,16H,4,8H2,1-3H3,(H,19,20). The van der Waals surface area contributed by atoms with Gasteiger partial charge in [-0.1, -0.05) is 0 Å². The molecule has 2 rings (SSSR count). The fraction of sp³-hybridized carbons (Fsp3) is 0.357. The van der Waals surface area contributed by atoms with Gasteiger partial charge < -0.3 is 5.11 Å². The molecular formula is C14H18N4O4S. The summed E-state index contributed by atoms with van der Waals surface area (Å²) in [6.07, 6.45) is 1.48. The molecule has 23 heavy (non-hydrogen) atoms. The van der Waals surface area contributed by atoms with Gasteiger partial charge in [0.05, 0.1) is 35.4 Å². The molecule has 0 saturated carbocycles. The van der Waals surface area contributed by atoms with E-state index >= 15 is 0 Å². The first kappa shape index (κ1) is 17.1. The van der Waals surface area contributed by atoms with Crippen molar-refractivity contribution < 1.29 is 18.3 Å². The van der Waals surface area contributed by atoms with Crippen LogP contribution in [0.25, 0.3) is 0 Å². The van der Waals surface area contributed by atoms with Gasteiger partial charge in [0.15, 0.2) is 0 Å². The molecular weight excluding hydrogens is 320 g/mol. The summed E-state index contributed by atoms with van der Waals surface area (Å²) in [5.74, 6) is -1.17. The van der Waals surface area contributed by atoms with Crippen LogP contribution in [0.4, 0.5) is 0 Å². The number of rotatable bonds is 6. The van der Waals surface area contributed by atoms with E-state index in [1.165, 1.54) is 17.1 Å². The van der Waals surface area contributed by atoms with Crippen molar-refractivity contribution in [2.45, 2.75) is 38.8 Å². The Bertz CT molecular complexity index is 842. The molecule has 0 fully saturated rings. The highest BCUT2D eigenvalue weighted by Crippen LogP contribution is 2.21. The topological polar surface area (TPSA) is 114 Å². The van der Waals surface area contributed by atoms with E-state index in [0.717, 1.165) is 6.07 Å². The molecule has 0 aliphatic rings. The monoisotopic (exact) mass is 338 g/mol. The van der Waals surface area contributed by atoms with Gasteiger partial charge in [0.2, 0.25) is 10.0 Å². The molecule has 9 heteroatoms. The quantitative estimate of drug-likeness (QED) is 0.815. The van der Waals surface area contributed by atoms with E-state index in [1.807, 2.05) is 6.92 Å². The van der Waals surface area contributed by atoms with Crippen molar-refractivity contribution in [2.75, 3.05) is 0 Å². The number of hydrogen-bond donors (Lipinski definition) is 2. The molecule has 0 unspecified atom stereocenters. The lowest BCUT2D eigenvalue weighted by Crippen LogP contribution is -2.25. The second kappa shape index (κ2) is 6.47. The summed E-state index contributed by atoms with van der Waals surface area (Å²) in [7, 11) is -3.86. The average molecular weight is 338 g/mol. The lowest BCUT2D eigenvalue weighted by Gasteiger charge is -2.11. The van der Waals surface area contributed by atoms with Crippen LogP contribution in [0, 0.1) is 13.8 Å². The molecule has 1 aromatic carbocycles. The molecule has 124 valence electrons. The highest BCUT2D eigenvalue weighted by molar-refractivity contribution is 7.89. The average Bonchev–Trinajstić information content (AvgIpc) is 2.95. The SMILES string of the molecule is CCn1ncc(CNS(=O)(=O)c2cc(C(=O)O)cc(C)c2C)n1. The Morgan fingerprint density at radius 2 is 2.04 bits per heavy atom. The van der Waals surface area contributed by atoms with Crippen LogP contribution in [-0.2, 0) is 23.1 Å². The van der Waals surface area contributed by atoms with E-state index < -0.39 is 16.0 Å². The molecule has 0 aliphatic heterocycles. The van der Waals surface area contributed by atoms with Crippen LogP contribution in [-0.4, -0.2) is 34.5 Å². The zero-order valence-corrected chi connectivity index (χ0v) is 13.9. The minimum absolute atomic E-state index is 0.0158. The normalized spacial score (nSPS) is 11.6. The lowest BCUT2D eigenvalue weighted by atomic mass is 10.1. The van der Waals surface area contributed by atoms with Crippen LogP contribution in [0.1, 0.15) is 34.1 Å². The van der Waals surface area contributed by atoms with Crippen molar-refractivity contribution in [2.24, 2.45) is 0 Å². The van der Waals surface area contributed by atoms with Gasteiger partial charge in [-0.15, -0.1) is 0 Å². The summed E-state index contributed by atoms with van der Waals surface area (Å²) < 4.78 is 27.4. The predicted molar refractivity (Wildman–Crippen MR) is 82.6 cm³/mol. The first-order valence-electron chi connectivity index (χ1n) is 6.97. The van der Waals surface area contributed by atoms with Gasteiger partial charge >= 0.3 is 5.97 Å². The molecule has 8 nitrogen and oxygen atoms in total. The Hall–Kier alpha value is -2.26. The van der Waals surface area contributed by atoms with Crippen LogP contribution in [0.2, 0.25) is 0 Å². The number of nitrogens with zero attached hydrogens (tertiary/aromatic N) is 3. The highest BCUT2D eigenvalue weighted by atomic mass is 32.2. The molecule has 0 saturated heterocycles. The summed E-state index contributed by atoms with van der Waals surface area (Å²) in [5, 5.41) is 17.2. The van der Waals surface area contributed by atoms with Gasteiger partial charge in [0.1, 0.15) is 0 Å². The largest absolute Gasteiger partial charge is 0.478 e. The number of aromatic nitrogens is 3. The van der Waals surface area contributed by atoms with E-state index in [0.29, 0.717) is 23.4 Å². The molecule has 0 radical (unpaired) electrons. The number of benzene rings is 1. The molecule has 0 aliphatic carbocycles. The number of sulfonamides is 1. The number of aryl methyl sites for hydroxylation is 2. The van der Waals surface area contributed by atoms with Gasteiger partial charge in [-0.25, -0.2) is 17.9 Å². The number of carboxylic acids is 1. The van der Waals surface area contributed by atoms with Gasteiger partial charge in [0, 0.05) is 0 Å². The number of hydrogen-bond acceptors (Lipinski definition) is 5. The number of carbonyl (C=O) groups is 1. The molecule has 1 aromatic heterocycles. The first-order chi connectivity index (χ1) is 10.7. The molecule has 2 aromatic rings. The van der Waals surface area contributed by atoms with Gasteiger partial charge in [-0.05, 0) is 44.0 Å². The number of carboxylic acid groups (broad SMARTS) is 1. The van der Waals surface area contributed by atoms with Crippen molar-refractivity contribution >= 4 is 16.0 Å². The van der Waals surface area contributed by atoms with Crippen molar-refractivity contribution in [3.05, 3.63) is 40.7 Å². The van der Waals surface area contributed by atoms with Crippen molar-refractivity contribution in [3.8, 4) is 0 Å². The fourth-order valence-corrected chi connectivity index (χ4v) is 3.38. The molecule has 0 bridgehead atoms. The third-order valence-electron chi connectivity index (χ3n) is 3.47. The first-order valence-corrected chi connectivity index (χ1v) is 8.46. The second-order valence-electron chi connectivity index (χ2n) is 5.07. The Morgan fingerprint density at radius 1 is 1.35 bits per heavy atom. The van der Waals surface area contributed by atoms with E-state index in [1.54, 1.807) is 13.8 Å². The fourth-order valence-electron chi connectivity index (χ4n) is 2.04. The van der Waals surface area contributed by atoms with Crippen LogP contribution < -0.4 is 4.72 Å². The van der Waals surface area contributed by atoms with Crippen molar-refractivity contribution in [1.29, 1.82) is 0 Å². The lowest BCUT2D eigenvalue weighted by molar-refractivity contribution is 0.0696. The second-order valence-corrected chi connectivity index (χ2v) is 6.81. The summed E-state index contributed by atoms with van der Waals surface area (Å²) in [6, 6.07) is 2.61. The third kappa shape index (κ3) is 3.74. The van der Waals surface area contributed by atoms with Gasteiger partial charge in [0.25, 0.3) is 0 Å². The Morgan fingerprint density at radius 3 is 2.61 bits per heavy atom. The summed E-state index contributed by atoms with van der Waals surface area (Å²) in [4.78, 5) is 12.5. The summed E-state index contributed by atoms with van der Waals surface area (Å²) in [5.41, 5.74) is 1.53. The molecule has 2 N–H and O–H groups in total. The smallest absolute Gasteiger partial charge is 0.335 e. The van der Waals surface area contributed by atoms with Crippen LogP contribution in [0.3, 0.4) is 0 Å². The Labute approximate surface area is 134 Å². The van der Waals surface area contributed by atoms with Crippen LogP contribution >= 0.6 is 0 Å². The maximum atomic E-state index is 12.5. The van der Waals surface area contributed by atoms with Crippen LogP contribution in [0.5, 0.6) is 0 Å². The van der Waals surface area contributed by atoms with Gasteiger partial charge in [-0.3, -0.25) is 0 Å². The Kier molecular flexibility index (Phi) is 4.81. The van der Waals surface area contributed by atoms with Crippen LogP contribution in [0.15, 0.2) is 23.2 Å². The maximum absolute atomic E-state index is 12.5. The van der Waals surface area contributed by atoms with E-state index in [2.05, 4.69) is 14.9 Å². The van der Waals surface area contributed by atoms with E-state index in [9.17, 15) is 13.2 Å². The van der Waals surface area contributed by atoms with Gasteiger partial charge in [-0.2, -0.15) is 15.0 Å². The minimum Gasteiger partial charge on any atom is -0.478 e. The predicted octanol–water partition coefficient (Wildman–Crippen LogP) is 1.09. The zero-order chi connectivity index (χ0) is 17.2. The zero-order valence-electron chi connectivity index (χ0n) is 13.1. The molecule has 0 amide bonds. The van der Waals surface area contributed by atoms with E-state index in [-0.39, 0.29) is 17.0 Å². The van der Waals surface area contributed by atoms with Crippen molar-refractivity contribution in [3.63, 3.8) is 0 Å². The Balaban J connectivity index is 2.30. The molecule has 0 spiro atoms. The summed E-state index contributed by atoms with van der Waals surface area (Å²) >= 11 is 0. The highest BCUT2D eigenvalue weighted by Gasteiger charge is 2.21. The molecule has 0 atom stereocenters. The maximum Gasteiger partial charge on any atom is 0.335 e. The number of nitrogens with one attached hydrogen (secondary N) is 1. The third-order valence-corrected chi connectivity index (χ3v) is 4.99. The number of aromatic carboxylic acids is 1. The van der Waals surface area contributed by atoms with E-state index in [4.69, 9.17) is 5.11 Å². The minimum atomic E-state index is -3.86. The molecule has 1 heterocycles.